The van der Waals surface area contributed by atoms with Crippen molar-refractivity contribution >= 4 is 0 Å². The van der Waals surface area contributed by atoms with E-state index in [0.717, 1.165) is 18.7 Å². The maximum absolute atomic E-state index is 10.5. The highest BCUT2D eigenvalue weighted by molar-refractivity contribution is 5.32. The minimum absolute atomic E-state index is 0.362. The monoisotopic (exact) mass is 261 g/mol. The van der Waals surface area contributed by atoms with Gasteiger partial charge in [0.25, 0.3) is 0 Å². The summed E-state index contributed by atoms with van der Waals surface area (Å²) in [5.41, 5.74) is 3.51. The molecular weight excluding hydrogens is 234 g/mol. The van der Waals surface area contributed by atoms with Gasteiger partial charge in [0.05, 0.1) is 6.10 Å². The molecule has 2 rings (SSSR count). The van der Waals surface area contributed by atoms with Crippen LogP contribution in [0.15, 0.2) is 18.2 Å². The van der Waals surface area contributed by atoms with Gasteiger partial charge >= 0.3 is 0 Å². The number of β-amino-alcohol motifs (C(OH)–C–C–N with tert-alkyl or cyclic N) is 1. The lowest BCUT2D eigenvalue weighted by Gasteiger charge is -2.30. The molecule has 0 spiro atoms. The highest BCUT2D eigenvalue weighted by atomic mass is 16.3. The van der Waals surface area contributed by atoms with Gasteiger partial charge in [-0.15, -0.1) is 0 Å². The van der Waals surface area contributed by atoms with Crippen molar-refractivity contribution in [1.29, 1.82) is 0 Å². The number of nitrogens with zero attached hydrogens (tertiary/aromatic N) is 1. The van der Waals surface area contributed by atoms with Gasteiger partial charge in [0.2, 0.25) is 0 Å². The van der Waals surface area contributed by atoms with Gasteiger partial charge in [-0.25, -0.2) is 0 Å². The Balaban J connectivity index is 2.08. The number of aliphatic hydroxyl groups is 1. The third-order valence-corrected chi connectivity index (χ3v) is 4.38. The predicted octanol–water partition coefficient (Wildman–Crippen LogP) is 3.46. The lowest BCUT2D eigenvalue weighted by molar-refractivity contribution is 0.0934. The first-order valence-corrected chi connectivity index (χ1v) is 7.48. The molecule has 0 radical (unpaired) electrons. The molecule has 2 nitrogen and oxygen atoms in total. The van der Waals surface area contributed by atoms with E-state index in [4.69, 9.17) is 0 Å². The number of rotatable bonds is 4. The van der Waals surface area contributed by atoms with Gasteiger partial charge in [0.1, 0.15) is 0 Å². The molecule has 2 atom stereocenters. The van der Waals surface area contributed by atoms with Crippen molar-refractivity contribution in [2.45, 2.75) is 52.7 Å². The molecule has 0 amide bonds. The second-order valence-electron chi connectivity index (χ2n) is 6.32. The fourth-order valence-electron chi connectivity index (χ4n) is 3.27. The van der Waals surface area contributed by atoms with E-state index in [1.54, 1.807) is 0 Å². The van der Waals surface area contributed by atoms with E-state index in [-0.39, 0.29) is 6.10 Å². The molecule has 1 heterocycles. The second-order valence-corrected chi connectivity index (χ2v) is 6.32. The number of benzene rings is 1. The molecule has 0 bridgehead atoms. The zero-order valence-electron chi connectivity index (χ0n) is 12.7. The van der Waals surface area contributed by atoms with Crippen LogP contribution < -0.4 is 0 Å². The number of aryl methyl sites for hydroxylation is 2. The summed E-state index contributed by atoms with van der Waals surface area (Å²) in [6, 6.07) is 6.98. The van der Waals surface area contributed by atoms with E-state index < -0.39 is 0 Å². The number of hydrogen-bond acceptors (Lipinski definition) is 2. The van der Waals surface area contributed by atoms with Crippen LogP contribution >= 0.6 is 0 Å². The molecule has 1 aromatic carbocycles. The molecule has 19 heavy (non-hydrogen) atoms. The van der Waals surface area contributed by atoms with Crippen molar-refractivity contribution in [3.05, 3.63) is 34.9 Å². The van der Waals surface area contributed by atoms with Crippen LogP contribution in [0.3, 0.4) is 0 Å². The average molecular weight is 261 g/mol. The van der Waals surface area contributed by atoms with E-state index >= 15 is 0 Å². The van der Waals surface area contributed by atoms with Crippen molar-refractivity contribution in [1.82, 2.24) is 4.90 Å². The van der Waals surface area contributed by atoms with Gasteiger partial charge in [-0.1, -0.05) is 37.6 Å². The molecule has 106 valence electrons. The van der Waals surface area contributed by atoms with Crippen LogP contribution in [-0.4, -0.2) is 29.1 Å². The van der Waals surface area contributed by atoms with Crippen molar-refractivity contribution in [3.8, 4) is 0 Å². The molecule has 2 heteroatoms. The van der Waals surface area contributed by atoms with Crippen molar-refractivity contribution in [3.63, 3.8) is 0 Å². The first-order chi connectivity index (χ1) is 8.99. The number of likely N-dealkylation sites (tertiary alicyclic amines) is 1. The summed E-state index contributed by atoms with van der Waals surface area (Å²) in [6.07, 6.45) is 2.18. The van der Waals surface area contributed by atoms with Gasteiger partial charge in [0.15, 0.2) is 0 Å². The van der Waals surface area contributed by atoms with Crippen LogP contribution in [0.4, 0.5) is 0 Å². The number of hydrogen-bond donors (Lipinski definition) is 1. The maximum Gasteiger partial charge on any atom is 0.0919 e. The summed E-state index contributed by atoms with van der Waals surface area (Å²) in [5, 5.41) is 10.5. The first-order valence-electron chi connectivity index (χ1n) is 7.48. The van der Waals surface area contributed by atoms with Crippen LogP contribution in [0.25, 0.3) is 0 Å². The Bertz CT molecular complexity index is 427. The molecule has 1 saturated heterocycles. The Morgan fingerprint density at radius 1 is 1.32 bits per heavy atom. The SMILES string of the molecule is Cc1ccc(C)c(C(O)CN2CCCC2C(C)C)c1. The molecule has 0 saturated carbocycles. The Labute approximate surface area is 117 Å². The van der Waals surface area contributed by atoms with Crippen LogP contribution in [0.1, 0.15) is 49.5 Å². The fraction of sp³-hybridized carbons (Fsp3) is 0.647. The standard InChI is InChI=1S/C17H27NO/c1-12(2)16-6-5-9-18(16)11-17(19)15-10-13(3)7-8-14(15)4/h7-8,10,12,16-17,19H,5-6,9,11H2,1-4H3. The molecule has 2 unspecified atom stereocenters. The minimum Gasteiger partial charge on any atom is -0.387 e. The highest BCUT2D eigenvalue weighted by Gasteiger charge is 2.28. The van der Waals surface area contributed by atoms with Crippen LogP contribution in [0.2, 0.25) is 0 Å². The van der Waals surface area contributed by atoms with E-state index in [9.17, 15) is 5.11 Å². The van der Waals surface area contributed by atoms with Gasteiger partial charge in [0, 0.05) is 12.6 Å². The van der Waals surface area contributed by atoms with Crippen molar-refractivity contribution in [2.75, 3.05) is 13.1 Å². The number of aliphatic hydroxyl groups excluding tert-OH is 1. The van der Waals surface area contributed by atoms with Crippen LogP contribution in [0, 0.1) is 19.8 Å². The van der Waals surface area contributed by atoms with E-state index in [0.29, 0.717) is 12.0 Å². The zero-order chi connectivity index (χ0) is 14.0. The zero-order valence-corrected chi connectivity index (χ0v) is 12.7. The smallest absolute Gasteiger partial charge is 0.0919 e. The Morgan fingerprint density at radius 3 is 2.74 bits per heavy atom. The van der Waals surface area contributed by atoms with Crippen LogP contribution in [-0.2, 0) is 0 Å². The molecule has 1 aliphatic heterocycles. The molecular formula is C17H27NO. The third kappa shape index (κ3) is 3.37. The summed E-state index contributed by atoms with van der Waals surface area (Å²) < 4.78 is 0. The van der Waals surface area contributed by atoms with Gasteiger partial charge in [-0.05, 0) is 50.3 Å². The van der Waals surface area contributed by atoms with Crippen molar-refractivity contribution < 1.29 is 5.11 Å². The summed E-state index contributed by atoms with van der Waals surface area (Å²) in [5.74, 6) is 0.674. The van der Waals surface area contributed by atoms with E-state index in [1.807, 2.05) is 0 Å². The molecule has 1 N–H and O–H groups in total. The molecule has 1 aliphatic rings. The minimum atomic E-state index is -0.362. The molecule has 1 fully saturated rings. The lowest BCUT2D eigenvalue weighted by atomic mass is 9.98. The third-order valence-electron chi connectivity index (χ3n) is 4.38. The summed E-state index contributed by atoms with van der Waals surface area (Å²) >= 11 is 0. The van der Waals surface area contributed by atoms with E-state index in [1.165, 1.54) is 24.0 Å². The van der Waals surface area contributed by atoms with Crippen molar-refractivity contribution in [2.24, 2.45) is 5.92 Å². The largest absolute Gasteiger partial charge is 0.387 e. The molecule has 0 aromatic heterocycles. The normalized spacial score (nSPS) is 22.1. The second kappa shape index (κ2) is 6.06. The quantitative estimate of drug-likeness (QED) is 0.897. The topological polar surface area (TPSA) is 23.5 Å². The van der Waals surface area contributed by atoms with Crippen LogP contribution in [0.5, 0.6) is 0 Å². The van der Waals surface area contributed by atoms with Gasteiger partial charge in [-0.2, -0.15) is 0 Å². The molecule has 1 aromatic rings. The summed E-state index contributed by atoms with van der Waals surface area (Å²) in [7, 11) is 0. The fourth-order valence-corrected chi connectivity index (χ4v) is 3.27. The van der Waals surface area contributed by atoms with E-state index in [2.05, 4.69) is 50.8 Å². The Morgan fingerprint density at radius 2 is 2.05 bits per heavy atom. The first kappa shape index (κ1) is 14.5. The Hall–Kier alpha value is -0.860. The molecule has 0 aliphatic carbocycles. The maximum atomic E-state index is 10.5. The van der Waals surface area contributed by atoms with Gasteiger partial charge in [-0.3, -0.25) is 4.90 Å². The highest BCUT2D eigenvalue weighted by Crippen LogP contribution is 2.27. The Kier molecular flexibility index (Phi) is 4.64. The predicted molar refractivity (Wildman–Crippen MR) is 80.3 cm³/mol. The van der Waals surface area contributed by atoms with Gasteiger partial charge < -0.3 is 5.11 Å². The summed E-state index contributed by atoms with van der Waals surface area (Å²) in [4.78, 5) is 2.47. The average Bonchev–Trinajstić information content (AvgIpc) is 2.80. The lowest BCUT2D eigenvalue weighted by Crippen LogP contribution is -2.36. The summed E-state index contributed by atoms with van der Waals surface area (Å²) in [6.45, 7) is 10.6.